The SMILES string of the molecule is COC(=O)c1c(Cl)cc(-c2ccccc2F)nc1C=O. The summed E-state index contributed by atoms with van der Waals surface area (Å²) in [5.74, 6) is -1.27. The van der Waals surface area contributed by atoms with E-state index in [1.54, 1.807) is 6.07 Å². The number of esters is 1. The van der Waals surface area contributed by atoms with Crippen molar-refractivity contribution in [3.63, 3.8) is 0 Å². The summed E-state index contributed by atoms with van der Waals surface area (Å²) in [5, 5.41) is -0.0211. The van der Waals surface area contributed by atoms with Crippen molar-refractivity contribution in [1.82, 2.24) is 4.98 Å². The van der Waals surface area contributed by atoms with Crippen LogP contribution in [0.4, 0.5) is 4.39 Å². The molecule has 0 aliphatic rings. The predicted molar refractivity (Wildman–Crippen MR) is 71.4 cm³/mol. The quantitative estimate of drug-likeness (QED) is 0.644. The first-order valence-corrected chi connectivity index (χ1v) is 5.95. The van der Waals surface area contributed by atoms with Gasteiger partial charge in [-0.05, 0) is 18.2 Å². The lowest BCUT2D eigenvalue weighted by Crippen LogP contribution is -2.09. The zero-order valence-corrected chi connectivity index (χ0v) is 11.1. The molecule has 0 spiro atoms. The van der Waals surface area contributed by atoms with Gasteiger partial charge in [-0.2, -0.15) is 0 Å². The molecule has 2 rings (SSSR count). The molecular weight excluding hydrogens is 285 g/mol. The van der Waals surface area contributed by atoms with Gasteiger partial charge in [0.15, 0.2) is 6.29 Å². The molecule has 0 amide bonds. The van der Waals surface area contributed by atoms with Crippen LogP contribution in [0.25, 0.3) is 11.3 Å². The van der Waals surface area contributed by atoms with E-state index in [9.17, 15) is 14.0 Å². The van der Waals surface area contributed by atoms with E-state index in [4.69, 9.17) is 11.6 Å². The number of rotatable bonds is 3. The molecule has 0 saturated heterocycles. The summed E-state index contributed by atoms with van der Waals surface area (Å²) in [6.45, 7) is 0. The maximum absolute atomic E-state index is 13.7. The van der Waals surface area contributed by atoms with Gasteiger partial charge in [-0.1, -0.05) is 23.7 Å². The average molecular weight is 294 g/mol. The highest BCUT2D eigenvalue weighted by molar-refractivity contribution is 6.34. The van der Waals surface area contributed by atoms with E-state index in [0.717, 1.165) is 7.11 Å². The maximum Gasteiger partial charge on any atom is 0.341 e. The second-order valence-corrected chi connectivity index (χ2v) is 4.25. The molecule has 1 aromatic carbocycles. The van der Waals surface area contributed by atoms with E-state index >= 15 is 0 Å². The fourth-order valence-electron chi connectivity index (χ4n) is 1.73. The van der Waals surface area contributed by atoms with E-state index in [2.05, 4.69) is 9.72 Å². The van der Waals surface area contributed by atoms with Crippen molar-refractivity contribution in [3.05, 3.63) is 52.4 Å². The molecule has 20 heavy (non-hydrogen) atoms. The number of methoxy groups -OCH3 is 1. The van der Waals surface area contributed by atoms with Crippen LogP contribution in [0.3, 0.4) is 0 Å². The van der Waals surface area contributed by atoms with Crippen LogP contribution >= 0.6 is 11.6 Å². The Morgan fingerprint density at radius 2 is 2.10 bits per heavy atom. The number of pyridine rings is 1. The highest BCUT2D eigenvalue weighted by Gasteiger charge is 2.20. The fraction of sp³-hybridized carbons (Fsp3) is 0.0714. The van der Waals surface area contributed by atoms with Crippen LogP contribution in [0.2, 0.25) is 5.02 Å². The van der Waals surface area contributed by atoms with Crippen LogP contribution < -0.4 is 0 Å². The summed E-state index contributed by atoms with van der Waals surface area (Å²) >= 11 is 5.97. The number of carbonyl (C=O) groups is 2. The number of nitrogens with zero attached hydrogens (tertiary/aromatic N) is 1. The minimum absolute atomic E-state index is 0.0211. The summed E-state index contributed by atoms with van der Waals surface area (Å²) in [6.07, 6.45) is 0.377. The minimum Gasteiger partial charge on any atom is -0.465 e. The zero-order valence-electron chi connectivity index (χ0n) is 10.4. The Hall–Kier alpha value is -2.27. The van der Waals surface area contributed by atoms with Gasteiger partial charge in [-0.25, -0.2) is 14.2 Å². The van der Waals surface area contributed by atoms with Gasteiger partial charge >= 0.3 is 5.97 Å². The van der Waals surface area contributed by atoms with Crippen molar-refractivity contribution in [2.45, 2.75) is 0 Å². The maximum atomic E-state index is 13.7. The van der Waals surface area contributed by atoms with Crippen LogP contribution in [0.5, 0.6) is 0 Å². The number of carbonyl (C=O) groups excluding carboxylic acids is 2. The number of hydrogen-bond donors (Lipinski definition) is 0. The summed E-state index contributed by atoms with van der Waals surface area (Å²) < 4.78 is 18.2. The van der Waals surface area contributed by atoms with Gasteiger partial charge in [0.05, 0.1) is 17.8 Å². The molecule has 0 N–H and O–H groups in total. The normalized spacial score (nSPS) is 10.2. The Kier molecular flexibility index (Phi) is 4.10. The topological polar surface area (TPSA) is 56.3 Å². The van der Waals surface area contributed by atoms with Gasteiger partial charge < -0.3 is 4.74 Å². The molecule has 2 aromatic rings. The summed E-state index contributed by atoms with van der Waals surface area (Å²) in [5.41, 5.74) is 0.0311. The van der Waals surface area contributed by atoms with Gasteiger partial charge in [-0.3, -0.25) is 4.79 Å². The van der Waals surface area contributed by atoms with Crippen molar-refractivity contribution in [2.75, 3.05) is 7.11 Å². The summed E-state index contributed by atoms with van der Waals surface area (Å²) in [6, 6.07) is 7.24. The average Bonchev–Trinajstić information content (AvgIpc) is 2.46. The lowest BCUT2D eigenvalue weighted by atomic mass is 10.1. The molecule has 0 aliphatic carbocycles. The van der Waals surface area contributed by atoms with Gasteiger partial charge in [-0.15, -0.1) is 0 Å². The number of ether oxygens (including phenoxy) is 1. The Morgan fingerprint density at radius 1 is 1.40 bits per heavy atom. The molecule has 1 heterocycles. The molecule has 0 atom stereocenters. The third-order valence-electron chi connectivity index (χ3n) is 2.65. The molecule has 6 heteroatoms. The monoisotopic (exact) mass is 293 g/mol. The molecule has 4 nitrogen and oxygen atoms in total. The Balaban J connectivity index is 2.65. The molecule has 0 unspecified atom stereocenters. The molecule has 0 saturated carbocycles. The highest BCUT2D eigenvalue weighted by Crippen LogP contribution is 2.27. The van der Waals surface area contributed by atoms with Crippen molar-refractivity contribution in [2.24, 2.45) is 0 Å². The smallest absolute Gasteiger partial charge is 0.341 e. The summed E-state index contributed by atoms with van der Waals surface area (Å²) in [4.78, 5) is 26.6. The van der Waals surface area contributed by atoms with Gasteiger partial charge in [0.2, 0.25) is 0 Å². The molecular formula is C14H9ClFNO3. The second kappa shape index (κ2) is 5.79. The van der Waals surface area contributed by atoms with Crippen molar-refractivity contribution < 1.29 is 18.7 Å². The van der Waals surface area contributed by atoms with Gasteiger partial charge in [0.25, 0.3) is 0 Å². The van der Waals surface area contributed by atoms with Crippen LogP contribution in [0.15, 0.2) is 30.3 Å². The lowest BCUT2D eigenvalue weighted by molar-refractivity contribution is 0.0598. The number of hydrogen-bond acceptors (Lipinski definition) is 4. The van der Waals surface area contributed by atoms with Crippen molar-refractivity contribution >= 4 is 23.9 Å². The first-order chi connectivity index (χ1) is 9.58. The predicted octanol–water partition coefficient (Wildman–Crippen LogP) is 3.14. The Bertz CT molecular complexity index is 688. The summed E-state index contributed by atoms with van der Waals surface area (Å²) in [7, 11) is 1.16. The van der Waals surface area contributed by atoms with Crippen molar-refractivity contribution in [3.8, 4) is 11.3 Å². The van der Waals surface area contributed by atoms with Gasteiger partial charge in [0, 0.05) is 5.56 Å². The van der Waals surface area contributed by atoms with Crippen LogP contribution in [0, 0.1) is 5.82 Å². The lowest BCUT2D eigenvalue weighted by Gasteiger charge is -2.08. The van der Waals surface area contributed by atoms with E-state index in [-0.39, 0.29) is 27.5 Å². The molecule has 0 bridgehead atoms. The van der Waals surface area contributed by atoms with Crippen LogP contribution in [-0.4, -0.2) is 24.3 Å². The van der Waals surface area contributed by atoms with Crippen LogP contribution in [0.1, 0.15) is 20.8 Å². The Labute approximate surface area is 119 Å². The first-order valence-electron chi connectivity index (χ1n) is 5.57. The number of aromatic nitrogens is 1. The molecule has 0 aliphatic heterocycles. The minimum atomic E-state index is -0.773. The number of halogens is 2. The molecule has 0 fully saturated rings. The first kappa shape index (κ1) is 14.1. The van der Waals surface area contributed by atoms with E-state index in [1.807, 2.05) is 0 Å². The standard InChI is InChI=1S/C14H9ClFNO3/c1-20-14(19)13-9(15)6-11(17-12(13)7-18)8-4-2-3-5-10(8)16/h2-7H,1H3. The highest BCUT2D eigenvalue weighted by atomic mass is 35.5. The van der Waals surface area contributed by atoms with Crippen molar-refractivity contribution in [1.29, 1.82) is 0 Å². The Morgan fingerprint density at radius 3 is 2.70 bits per heavy atom. The fourth-order valence-corrected chi connectivity index (χ4v) is 2.01. The van der Waals surface area contributed by atoms with E-state index < -0.39 is 11.8 Å². The number of aldehydes is 1. The van der Waals surface area contributed by atoms with E-state index in [1.165, 1.54) is 24.3 Å². The number of benzene rings is 1. The second-order valence-electron chi connectivity index (χ2n) is 3.84. The molecule has 1 aromatic heterocycles. The van der Waals surface area contributed by atoms with E-state index in [0.29, 0.717) is 6.29 Å². The molecule has 0 radical (unpaired) electrons. The third kappa shape index (κ3) is 2.53. The molecule has 102 valence electrons. The zero-order chi connectivity index (χ0) is 14.7. The largest absolute Gasteiger partial charge is 0.465 e. The van der Waals surface area contributed by atoms with Gasteiger partial charge in [0.1, 0.15) is 17.1 Å². The van der Waals surface area contributed by atoms with Crippen LogP contribution in [-0.2, 0) is 4.74 Å². The third-order valence-corrected chi connectivity index (χ3v) is 2.95.